The standard InChI is InChI=1S/C21H25ClN4O2/c1-25(2)19-9-8-17(14-18(19)22)23-20(27)15-10-12-26(13-11-15)21(28)24-16-6-4-3-5-7-16/h3-9,14-15H,10-13H2,1-2H3,(H,23,27)(H,24,28). The molecule has 0 unspecified atom stereocenters. The number of likely N-dealkylation sites (tertiary alicyclic amines) is 1. The number of nitrogens with one attached hydrogen (secondary N) is 2. The summed E-state index contributed by atoms with van der Waals surface area (Å²) in [6.45, 7) is 1.11. The van der Waals surface area contributed by atoms with Crippen molar-refractivity contribution in [1.29, 1.82) is 0 Å². The highest BCUT2D eigenvalue weighted by atomic mass is 35.5. The molecular formula is C21H25ClN4O2. The molecule has 6 nitrogen and oxygen atoms in total. The summed E-state index contributed by atoms with van der Waals surface area (Å²) in [5.74, 6) is -0.148. The third kappa shape index (κ3) is 4.95. The molecule has 2 aromatic carbocycles. The number of nitrogens with zero attached hydrogens (tertiary/aromatic N) is 2. The van der Waals surface area contributed by atoms with Crippen LogP contribution in [0.2, 0.25) is 5.02 Å². The molecule has 1 aliphatic heterocycles. The maximum Gasteiger partial charge on any atom is 0.321 e. The van der Waals surface area contributed by atoms with Gasteiger partial charge in [0.15, 0.2) is 0 Å². The van der Waals surface area contributed by atoms with Crippen LogP contribution in [0.15, 0.2) is 48.5 Å². The Morgan fingerprint density at radius 2 is 1.68 bits per heavy atom. The van der Waals surface area contributed by atoms with Gasteiger partial charge in [-0.25, -0.2) is 4.79 Å². The van der Waals surface area contributed by atoms with Crippen molar-refractivity contribution in [2.24, 2.45) is 5.92 Å². The van der Waals surface area contributed by atoms with Crippen LogP contribution >= 0.6 is 11.6 Å². The minimum absolute atomic E-state index is 0.0308. The molecule has 3 amide bonds. The zero-order valence-electron chi connectivity index (χ0n) is 16.1. The molecule has 1 fully saturated rings. The normalized spacial score (nSPS) is 14.5. The molecule has 0 saturated carbocycles. The lowest BCUT2D eigenvalue weighted by atomic mass is 9.96. The van der Waals surface area contributed by atoms with Crippen LogP contribution in [-0.2, 0) is 4.79 Å². The highest BCUT2D eigenvalue weighted by molar-refractivity contribution is 6.33. The number of carbonyl (C=O) groups excluding carboxylic acids is 2. The summed E-state index contributed by atoms with van der Waals surface area (Å²) >= 11 is 6.27. The van der Waals surface area contributed by atoms with Crippen LogP contribution in [0.3, 0.4) is 0 Å². The number of piperidine rings is 1. The average Bonchev–Trinajstić information content (AvgIpc) is 2.68. The lowest BCUT2D eigenvalue weighted by molar-refractivity contribution is -0.121. The first-order valence-electron chi connectivity index (χ1n) is 9.33. The van der Waals surface area contributed by atoms with Crippen molar-refractivity contribution in [3.05, 3.63) is 53.6 Å². The van der Waals surface area contributed by atoms with Gasteiger partial charge in [0.1, 0.15) is 0 Å². The first kappa shape index (κ1) is 20.0. The van der Waals surface area contributed by atoms with Crippen molar-refractivity contribution in [1.82, 2.24) is 4.90 Å². The second kappa shape index (κ2) is 8.97. The van der Waals surface area contributed by atoms with Gasteiger partial charge in [0.2, 0.25) is 5.91 Å². The van der Waals surface area contributed by atoms with Gasteiger partial charge in [0.05, 0.1) is 10.7 Å². The monoisotopic (exact) mass is 400 g/mol. The molecule has 0 radical (unpaired) electrons. The van der Waals surface area contributed by atoms with Gasteiger partial charge in [-0.15, -0.1) is 0 Å². The number of anilines is 3. The molecule has 1 aliphatic rings. The minimum Gasteiger partial charge on any atom is -0.376 e. The minimum atomic E-state index is -0.129. The summed E-state index contributed by atoms with van der Waals surface area (Å²) in [5, 5.41) is 6.42. The van der Waals surface area contributed by atoms with E-state index in [-0.39, 0.29) is 17.9 Å². The fourth-order valence-corrected chi connectivity index (χ4v) is 3.61. The smallest absolute Gasteiger partial charge is 0.321 e. The molecule has 0 atom stereocenters. The number of benzene rings is 2. The van der Waals surface area contributed by atoms with Gasteiger partial charge in [0.25, 0.3) is 0 Å². The summed E-state index contributed by atoms with van der Waals surface area (Å²) in [6, 6.07) is 14.7. The molecule has 1 heterocycles. The van der Waals surface area contributed by atoms with Crippen molar-refractivity contribution in [2.45, 2.75) is 12.8 Å². The molecule has 2 aromatic rings. The van der Waals surface area contributed by atoms with E-state index >= 15 is 0 Å². The topological polar surface area (TPSA) is 64.7 Å². The number of para-hydroxylation sites is 1. The molecule has 148 valence electrons. The second-order valence-corrected chi connectivity index (χ2v) is 7.51. The summed E-state index contributed by atoms with van der Waals surface area (Å²) in [5.41, 5.74) is 2.35. The molecular weight excluding hydrogens is 376 g/mol. The van der Waals surface area contributed by atoms with E-state index in [2.05, 4.69) is 10.6 Å². The van der Waals surface area contributed by atoms with Gasteiger partial charge in [0, 0.05) is 44.5 Å². The number of amides is 3. The van der Waals surface area contributed by atoms with E-state index in [1.807, 2.05) is 61.5 Å². The number of rotatable bonds is 4. The SMILES string of the molecule is CN(C)c1ccc(NC(=O)C2CCN(C(=O)Nc3ccccc3)CC2)cc1Cl. The molecule has 0 spiro atoms. The Morgan fingerprint density at radius 1 is 1.00 bits per heavy atom. The van der Waals surface area contributed by atoms with Crippen LogP contribution in [0.5, 0.6) is 0 Å². The predicted octanol–water partition coefficient (Wildman–Crippen LogP) is 4.29. The van der Waals surface area contributed by atoms with E-state index in [9.17, 15) is 9.59 Å². The van der Waals surface area contributed by atoms with Gasteiger partial charge >= 0.3 is 6.03 Å². The van der Waals surface area contributed by atoms with E-state index in [1.54, 1.807) is 11.0 Å². The Kier molecular flexibility index (Phi) is 6.41. The summed E-state index contributed by atoms with van der Waals surface area (Å²) in [7, 11) is 3.84. The fourth-order valence-electron chi connectivity index (χ4n) is 3.26. The summed E-state index contributed by atoms with van der Waals surface area (Å²) < 4.78 is 0. The van der Waals surface area contributed by atoms with Crippen LogP contribution in [0, 0.1) is 5.92 Å². The Balaban J connectivity index is 1.51. The van der Waals surface area contributed by atoms with Gasteiger partial charge in [-0.05, 0) is 43.2 Å². The lowest BCUT2D eigenvalue weighted by Gasteiger charge is -2.31. The number of carbonyl (C=O) groups is 2. The predicted molar refractivity (Wildman–Crippen MR) is 114 cm³/mol. The Morgan fingerprint density at radius 3 is 2.29 bits per heavy atom. The molecule has 28 heavy (non-hydrogen) atoms. The zero-order chi connectivity index (χ0) is 20.1. The number of hydrogen-bond donors (Lipinski definition) is 2. The van der Waals surface area contributed by atoms with Crippen molar-refractivity contribution in [3.63, 3.8) is 0 Å². The van der Waals surface area contributed by atoms with Gasteiger partial charge in [-0.3, -0.25) is 4.79 Å². The van der Waals surface area contributed by atoms with Crippen molar-refractivity contribution in [2.75, 3.05) is 42.7 Å². The Bertz CT molecular complexity index is 834. The van der Waals surface area contributed by atoms with Crippen molar-refractivity contribution < 1.29 is 9.59 Å². The van der Waals surface area contributed by atoms with E-state index in [0.29, 0.717) is 36.6 Å². The Hall–Kier alpha value is -2.73. The highest BCUT2D eigenvalue weighted by Gasteiger charge is 2.27. The third-order valence-corrected chi connectivity index (χ3v) is 5.18. The average molecular weight is 401 g/mol. The zero-order valence-corrected chi connectivity index (χ0v) is 16.9. The summed E-state index contributed by atoms with van der Waals surface area (Å²) in [6.07, 6.45) is 1.27. The van der Waals surface area contributed by atoms with Gasteiger partial charge < -0.3 is 20.4 Å². The highest BCUT2D eigenvalue weighted by Crippen LogP contribution is 2.28. The van der Waals surface area contributed by atoms with Crippen molar-refractivity contribution in [3.8, 4) is 0 Å². The second-order valence-electron chi connectivity index (χ2n) is 7.11. The molecule has 0 aromatic heterocycles. The van der Waals surface area contributed by atoms with E-state index in [4.69, 9.17) is 11.6 Å². The first-order valence-corrected chi connectivity index (χ1v) is 9.70. The van der Waals surface area contributed by atoms with Gasteiger partial charge in [-0.2, -0.15) is 0 Å². The molecule has 2 N–H and O–H groups in total. The quantitative estimate of drug-likeness (QED) is 0.804. The van der Waals surface area contributed by atoms with Crippen LogP contribution in [0.1, 0.15) is 12.8 Å². The van der Waals surface area contributed by atoms with Crippen molar-refractivity contribution >= 4 is 40.6 Å². The maximum absolute atomic E-state index is 12.6. The molecule has 3 rings (SSSR count). The van der Waals surface area contributed by atoms with Gasteiger partial charge in [-0.1, -0.05) is 29.8 Å². The van der Waals surface area contributed by atoms with Crippen LogP contribution in [0.25, 0.3) is 0 Å². The molecule has 1 saturated heterocycles. The van der Waals surface area contributed by atoms with Crippen LogP contribution in [0.4, 0.5) is 21.9 Å². The van der Waals surface area contributed by atoms with E-state index in [0.717, 1.165) is 11.4 Å². The maximum atomic E-state index is 12.6. The number of urea groups is 1. The molecule has 0 aliphatic carbocycles. The molecule has 0 bridgehead atoms. The third-order valence-electron chi connectivity index (χ3n) is 4.88. The Labute approximate surface area is 170 Å². The molecule has 7 heteroatoms. The van der Waals surface area contributed by atoms with Crippen LogP contribution < -0.4 is 15.5 Å². The lowest BCUT2D eigenvalue weighted by Crippen LogP contribution is -2.43. The summed E-state index contributed by atoms with van der Waals surface area (Å²) in [4.78, 5) is 28.6. The fraction of sp³-hybridized carbons (Fsp3) is 0.333. The number of hydrogen-bond acceptors (Lipinski definition) is 3. The number of halogens is 1. The van der Waals surface area contributed by atoms with E-state index in [1.165, 1.54) is 0 Å². The van der Waals surface area contributed by atoms with Crippen LogP contribution in [-0.4, -0.2) is 44.0 Å². The first-order chi connectivity index (χ1) is 13.4. The largest absolute Gasteiger partial charge is 0.376 e. The van der Waals surface area contributed by atoms with E-state index < -0.39 is 0 Å².